The van der Waals surface area contributed by atoms with E-state index in [4.69, 9.17) is 17.6 Å². The molecule has 32 valence electrons. The van der Waals surface area contributed by atoms with E-state index in [1.54, 1.807) is 0 Å². The van der Waals surface area contributed by atoms with Crippen LogP contribution < -0.4 is 5.73 Å². The summed E-state index contributed by atoms with van der Waals surface area (Å²) >= 11 is 4.72. The zero-order valence-corrected chi connectivity index (χ0v) is 3.53. The minimum atomic E-state index is 0.432. The first-order valence-corrected chi connectivity index (χ1v) is 1.66. The highest BCUT2D eigenvalue weighted by atomic mass is 35.5. The van der Waals surface area contributed by atoms with Crippen LogP contribution in [-0.2, 0) is 4.29 Å². The third-order valence-electron chi connectivity index (χ3n) is 0.195. The standard InChI is InChI=1S/C2H6ClNO/c3-5-2-1-4/h1-2,4H2. The minimum Gasteiger partial charge on any atom is -0.328 e. The fourth-order valence-corrected chi connectivity index (χ4v) is 0.134. The first-order chi connectivity index (χ1) is 2.41. The first kappa shape index (κ1) is 5.21. The molecule has 0 saturated heterocycles. The maximum absolute atomic E-state index is 4.93. The van der Waals surface area contributed by atoms with E-state index in [0.29, 0.717) is 13.2 Å². The lowest BCUT2D eigenvalue weighted by molar-refractivity contribution is 0.364. The normalized spacial score (nSPS) is 8.40. The van der Waals surface area contributed by atoms with Gasteiger partial charge in [0.25, 0.3) is 0 Å². The monoisotopic (exact) mass is 95.0 g/mol. The molecule has 0 bridgehead atoms. The summed E-state index contributed by atoms with van der Waals surface area (Å²) in [6.07, 6.45) is 0. The van der Waals surface area contributed by atoms with E-state index in [1.807, 2.05) is 0 Å². The molecule has 0 aliphatic heterocycles. The van der Waals surface area contributed by atoms with Crippen LogP contribution in [0.5, 0.6) is 0 Å². The van der Waals surface area contributed by atoms with Gasteiger partial charge < -0.3 is 5.73 Å². The molecule has 0 aliphatic rings. The summed E-state index contributed by atoms with van der Waals surface area (Å²) in [7, 11) is 0. The fraction of sp³-hybridized carbons (Fsp3) is 1.00. The Hall–Kier alpha value is 0.210. The van der Waals surface area contributed by atoms with Gasteiger partial charge in [0.1, 0.15) is 0 Å². The van der Waals surface area contributed by atoms with Crippen molar-refractivity contribution in [3.8, 4) is 0 Å². The van der Waals surface area contributed by atoms with Gasteiger partial charge >= 0.3 is 0 Å². The molecule has 0 unspecified atom stereocenters. The second-order valence-electron chi connectivity index (χ2n) is 0.602. The molecule has 0 rings (SSSR count). The van der Waals surface area contributed by atoms with Crippen LogP contribution in [0, 0.1) is 0 Å². The highest BCUT2D eigenvalue weighted by Crippen LogP contribution is 1.71. The van der Waals surface area contributed by atoms with Crippen LogP contribution in [0.2, 0.25) is 0 Å². The van der Waals surface area contributed by atoms with Crippen LogP contribution in [0.25, 0.3) is 0 Å². The van der Waals surface area contributed by atoms with Gasteiger partial charge in [-0.2, -0.15) is 0 Å². The quantitative estimate of drug-likeness (QED) is 0.529. The molecule has 0 aromatic heterocycles. The number of halogens is 1. The number of hydrogen-bond donors (Lipinski definition) is 1. The average Bonchev–Trinajstić information content (AvgIpc) is 1.41. The molecule has 0 atom stereocenters. The Morgan fingerprint density at radius 1 is 1.80 bits per heavy atom. The van der Waals surface area contributed by atoms with E-state index in [-0.39, 0.29) is 0 Å². The van der Waals surface area contributed by atoms with Gasteiger partial charge in [0.2, 0.25) is 0 Å². The van der Waals surface area contributed by atoms with Crippen molar-refractivity contribution in [2.24, 2.45) is 5.73 Å². The third-order valence-corrected chi connectivity index (χ3v) is 0.349. The Bertz CT molecular complexity index is 17.1. The third kappa shape index (κ3) is 4.21. The van der Waals surface area contributed by atoms with Crippen LogP contribution in [0.4, 0.5) is 0 Å². The van der Waals surface area contributed by atoms with Gasteiger partial charge in [-0.1, -0.05) is 0 Å². The van der Waals surface area contributed by atoms with E-state index < -0.39 is 0 Å². The highest BCUT2D eigenvalue weighted by Gasteiger charge is 1.68. The summed E-state index contributed by atoms with van der Waals surface area (Å²) in [4.78, 5) is 0. The Balaban J connectivity index is 2.19. The Kier molecular flexibility index (Phi) is 4.39. The van der Waals surface area contributed by atoms with Crippen LogP contribution >= 0.6 is 11.9 Å². The van der Waals surface area contributed by atoms with Gasteiger partial charge in [0, 0.05) is 6.54 Å². The molecule has 0 radical (unpaired) electrons. The van der Waals surface area contributed by atoms with Crippen LogP contribution in [0.3, 0.4) is 0 Å². The fourth-order valence-electron chi connectivity index (χ4n) is 0.0445. The van der Waals surface area contributed by atoms with Crippen molar-refractivity contribution in [2.75, 3.05) is 13.2 Å². The molecule has 0 heterocycles. The number of hydrogen-bond acceptors (Lipinski definition) is 2. The minimum absolute atomic E-state index is 0.432. The molecule has 0 fully saturated rings. The molecule has 0 aromatic rings. The van der Waals surface area contributed by atoms with Crippen molar-refractivity contribution in [3.05, 3.63) is 0 Å². The maximum atomic E-state index is 4.93. The first-order valence-electron chi connectivity index (χ1n) is 1.35. The summed E-state index contributed by atoms with van der Waals surface area (Å²) in [6.45, 7) is 0.922. The van der Waals surface area contributed by atoms with Gasteiger partial charge in [-0.05, 0) is 0 Å². The van der Waals surface area contributed by atoms with E-state index in [0.717, 1.165) is 0 Å². The van der Waals surface area contributed by atoms with E-state index in [9.17, 15) is 0 Å². The topological polar surface area (TPSA) is 35.2 Å². The van der Waals surface area contributed by atoms with Gasteiger partial charge in [0.05, 0.1) is 18.5 Å². The molecule has 2 nitrogen and oxygen atoms in total. The van der Waals surface area contributed by atoms with Crippen LogP contribution in [-0.4, -0.2) is 13.2 Å². The number of nitrogens with two attached hydrogens (primary N) is 1. The van der Waals surface area contributed by atoms with Crippen LogP contribution in [0.15, 0.2) is 0 Å². The van der Waals surface area contributed by atoms with Gasteiger partial charge in [-0.3, -0.25) is 4.29 Å². The highest BCUT2D eigenvalue weighted by molar-refractivity contribution is 6.07. The molecular formula is C2H6ClNO. The lowest BCUT2D eigenvalue weighted by Gasteiger charge is -1.80. The van der Waals surface area contributed by atoms with Crippen molar-refractivity contribution in [1.29, 1.82) is 0 Å². The van der Waals surface area contributed by atoms with Gasteiger partial charge in [-0.15, -0.1) is 0 Å². The van der Waals surface area contributed by atoms with Crippen molar-refractivity contribution < 1.29 is 4.29 Å². The Labute approximate surface area is 36.0 Å². The zero-order chi connectivity index (χ0) is 4.12. The Morgan fingerprint density at radius 2 is 2.40 bits per heavy atom. The molecular weight excluding hydrogens is 89.5 g/mol. The average molecular weight is 95.5 g/mol. The Morgan fingerprint density at radius 3 is 2.40 bits per heavy atom. The summed E-state index contributed by atoms with van der Waals surface area (Å²) in [5.74, 6) is 0. The lowest BCUT2D eigenvalue weighted by atomic mass is 10.8. The van der Waals surface area contributed by atoms with E-state index in [2.05, 4.69) is 4.29 Å². The maximum Gasteiger partial charge on any atom is 0.0805 e. The predicted octanol–water partition coefficient (Wildman–Crippen LogP) is 0.115. The molecule has 2 N–H and O–H groups in total. The molecule has 0 saturated carbocycles. The molecule has 0 aliphatic carbocycles. The van der Waals surface area contributed by atoms with Crippen molar-refractivity contribution >= 4 is 11.9 Å². The zero-order valence-electron chi connectivity index (χ0n) is 2.78. The second kappa shape index (κ2) is 4.21. The van der Waals surface area contributed by atoms with Crippen molar-refractivity contribution in [3.63, 3.8) is 0 Å². The molecule has 3 heteroatoms. The van der Waals surface area contributed by atoms with Crippen LogP contribution in [0.1, 0.15) is 0 Å². The van der Waals surface area contributed by atoms with Crippen molar-refractivity contribution in [1.82, 2.24) is 0 Å². The molecule has 0 amide bonds. The second-order valence-corrected chi connectivity index (χ2v) is 0.820. The van der Waals surface area contributed by atoms with E-state index in [1.165, 1.54) is 0 Å². The summed E-state index contributed by atoms with van der Waals surface area (Å²) in [5, 5.41) is 0. The molecule has 5 heavy (non-hydrogen) atoms. The van der Waals surface area contributed by atoms with E-state index >= 15 is 0 Å². The summed E-state index contributed by atoms with van der Waals surface area (Å²) in [6, 6.07) is 0. The van der Waals surface area contributed by atoms with Gasteiger partial charge in [0.15, 0.2) is 0 Å². The smallest absolute Gasteiger partial charge is 0.0805 e. The SMILES string of the molecule is NCCOCl. The molecule has 0 aromatic carbocycles. The predicted molar refractivity (Wildman–Crippen MR) is 20.9 cm³/mol. The van der Waals surface area contributed by atoms with Gasteiger partial charge in [-0.25, -0.2) is 0 Å². The lowest BCUT2D eigenvalue weighted by Crippen LogP contribution is -2.03. The van der Waals surface area contributed by atoms with Crippen molar-refractivity contribution in [2.45, 2.75) is 0 Å². The molecule has 0 spiro atoms. The summed E-state index contributed by atoms with van der Waals surface area (Å²) < 4.78 is 4.04. The number of rotatable bonds is 2. The summed E-state index contributed by atoms with van der Waals surface area (Å²) in [5.41, 5.74) is 4.93. The largest absolute Gasteiger partial charge is 0.328 e.